The molecule has 15 heavy (non-hydrogen) atoms. The molecule has 0 radical (unpaired) electrons. The van der Waals surface area contributed by atoms with E-state index in [2.05, 4.69) is 4.98 Å². The molecule has 0 aromatic carbocycles. The van der Waals surface area contributed by atoms with Gasteiger partial charge in [0.25, 0.3) is 15.5 Å². The Bertz CT molecular complexity index is 490. The fourth-order valence-corrected chi connectivity index (χ4v) is 2.57. The molecule has 3 nitrogen and oxygen atoms in total. The standard InChI is InChI=1S/C7H5Cl2F2NO2S/c1-3-2-4(15(9,13)14)5(8)6(12-3)7(10)11/h2,7H,1H3. The van der Waals surface area contributed by atoms with E-state index in [-0.39, 0.29) is 5.69 Å². The summed E-state index contributed by atoms with van der Waals surface area (Å²) in [7, 11) is 0.882. The van der Waals surface area contributed by atoms with Gasteiger partial charge in [-0.25, -0.2) is 17.2 Å². The second-order valence-electron chi connectivity index (χ2n) is 2.70. The van der Waals surface area contributed by atoms with Crippen molar-refractivity contribution in [1.29, 1.82) is 0 Å². The summed E-state index contributed by atoms with van der Waals surface area (Å²) in [6.07, 6.45) is -2.95. The highest BCUT2D eigenvalue weighted by Gasteiger charge is 2.23. The second-order valence-corrected chi connectivity index (χ2v) is 5.61. The molecule has 0 aliphatic rings. The first-order chi connectivity index (χ1) is 6.73. The molecule has 1 aromatic rings. The summed E-state index contributed by atoms with van der Waals surface area (Å²) < 4.78 is 46.8. The Balaban J connectivity index is 3.56. The molecule has 1 aromatic heterocycles. The molecule has 0 amide bonds. The van der Waals surface area contributed by atoms with Crippen LogP contribution in [0.1, 0.15) is 17.8 Å². The molecular weight excluding hydrogens is 271 g/mol. The van der Waals surface area contributed by atoms with Crippen LogP contribution < -0.4 is 0 Å². The molecule has 0 aliphatic carbocycles. The van der Waals surface area contributed by atoms with Crippen molar-refractivity contribution in [3.05, 3.63) is 22.5 Å². The van der Waals surface area contributed by atoms with Crippen molar-refractivity contribution in [2.45, 2.75) is 18.2 Å². The van der Waals surface area contributed by atoms with Gasteiger partial charge in [-0.3, -0.25) is 4.98 Å². The highest BCUT2D eigenvalue weighted by molar-refractivity contribution is 8.13. The summed E-state index contributed by atoms with van der Waals surface area (Å²) in [5, 5.41) is -0.634. The lowest BCUT2D eigenvalue weighted by Crippen LogP contribution is -2.01. The van der Waals surface area contributed by atoms with E-state index in [0.29, 0.717) is 0 Å². The third-order valence-electron chi connectivity index (χ3n) is 1.55. The summed E-state index contributed by atoms with van der Waals surface area (Å²) in [6, 6.07) is 1.04. The minimum atomic E-state index is -4.15. The van der Waals surface area contributed by atoms with Crippen LogP contribution in [0.25, 0.3) is 0 Å². The van der Waals surface area contributed by atoms with E-state index in [0.717, 1.165) is 6.07 Å². The first-order valence-corrected chi connectivity index (χ1v) is 6.32. The van der Waals surface area contributed by atoms with Crippen LogP contribution in [-0.4, -0.2) is 13.4 Å². The molecule has 0 aliphatic heterocycles. The zero-order chi connectivity index (χ0) is 11.8. The van der Waals surface area contributed by atoms with Crippen molar-refractivity contribution in [3.63, 3.8) is 0 Å². The molecule has 0 atom stereocenters. The number of hydrogen-bond acceptors (Lipinski definition) is 3. The summed E-state index contributed by atoms with van der Waals surface area (Å²) in [5.41, 5.74) is -0.676. The SMILES string of the molecule is Cc1cc(S(=O)(=O)Cl)c(Cl)c(C(F)F)n1. The maximum absolute atomic E-state index is 12.4. The van der Waals surface area contributed by atoms with Crippen LogP contribution in [0, 0.1) is 6.92 Å². The third kappa shape index (κ3) is 2.76. The minimum absolute atomic E-state index is 0.105. The summed E-state index contributed by atoms with van der Waals surface area (Å²) >= 11 is 5.45. The van der Waals surface area contributed by atoms with Crippen molar-refractivity contribution >= 4 is 31.3 Å². The van der Waals surface area contributed by atoms with E-state index in [9.17, 15) is 17.2 Å². The number of rotatable bonds is 2. The van der Waals surface area contributed by atoms with Gasteiger partial charge in [-0.1, -0.05) is 11.6 Å². The molecule has 8 heteroatoms. The Kier molecular flexibility index (Phi) is 3.52. The molecule has 0 fully saturated rings. The number of pyridine rings is 1. The van der Waals surface area contributed by atoms with Gasteiger partial charge >= 0.3 is 0 Å². The number of aryl methyl sites for hydroxylation is 1. The molecule has 0 spiro atoms. The third-order valence-corrected chi connectivity index (χ3v) is 3.40. The van der Waals surface area contributed by atoms with Crippen LogP contribution in [0.5, 0.6) is 0 Å². The fraction of sp³-hybridized carbons (Fsp3) is 0.286. The minimum Gasteiger partial charge on any atom is -0.250 e. The zero-order valence-electron chi connectivity index (χ0n) is 7.34. The molecule has 0 saturated heterocycles. The van der Waals surface area contributed by atoms with E-state index >= 15 is 0 Å². The molecule has 0 saturated carbocycles. The monoisotopic (exact) mass is 275 g/mol. The average molecular weight is 276 g/mol. The van der Waals surface area contributed by atoms with E-state index in [1.54, 1.807) is 0 Å². The van der Waals surface area contributed by atoms with Crippen LogP contribution in [0.2, 0.25) is 5.02 Å². The number of aromatic nitrogens is 1. The lowest BCUT2D eigenvalue weighted by molar-refractivity contribution is 0.145. The van der Waals surface area contributed by atoms with E-state index in [4.69, 9.17) is 22.3 Å². The quantitative estimate of drug-likeness (QED) is 0.780. The molecule has 1 rings (SSSR count). The Morgan fingerprint density at radius 3 is 2.40 bits per heavy atom. The van der Waals surface area contributed by atoms with Crippen LogP contribution in [0.15, 0.2) is 11.0 Å². The number of halogens is 4. The fourth-order valence-electron chi connectivity index (χ4n) is 0.973. The first-order valence-electron chi connectivity index (χ1n) is 3.63. The Labute approximate surface area is 94.4 Å². The topological polar surface area (TPSA) is 47.0 Å². The number of nitrogens with zero attached hydrogens (tertiary/aromatic N) is 1. The van der Waals surface area contributed by atoms with E-state index in [1.807, 2.05) is 0 Å². The van der Waals surface area contributed by atoms with E-state index < -0.39 is 31.1 Å². The van der Waals surface area contributed by atoms with Crippen LogP contribution in [0.4, 0.5) is 8.78 Å². The Hall–Kier alpha value is -0.460. The first kappa shape index (κ1) is 12.6. The molecule has 1 heterocycles. The largest absolute Gasteiger partial charge is 0.281 e. The molecule has 0 unspecified atom stereocenters. The Morgan fingerprint density at radius 1 is 1.47 bits per heavy atom. The van der Waals surface area contributed by atoms with E-state index in [1.165, 1.54) is 6.92 Å². The maximum atomic E-state index is 12.4. The predicted octanol–water partition coefficient (Wildman–Crippen LogP) is 2.91. The summed E-state index contributed by atoms with van der Waals surface area (Å²) in [6.45, 7) is 1.37. The summed E-state index contributed by atoms with van der Waals surface area (Å²) in [5.74, 6) is 0. The van der Waals surface area contributed by atoms with Crippen molar-refractivity contribution in [2.24, 2.45) is 0 Å². The normalized spacial score (nSPS) is 12.1. The number of alkyl halides is 2. The van der Waals surface area contributed by atoms with Gasteiger partial charge in [0.05, 0.1) is 5.02 Å². The smallest absolute Gasteiger partial charge is 0.250 e. The average Bonchev–Trinajstić information content (AvgIpc) is 2.06. The highest BCUT2D eigenvalue weighted by Crippen LogP contribution is 2.32. The van der Waals surface area contributed by atoms with Gasteiger partial charge in [-0.2, -0.15) is 0 Å². The van der Waals surface area contributed by atoms with Gasteiger partial charge in [0.2, 0.25) is 0 Å². The molecule has 84 valence electrons. The molecule has 0 bridgehead atoms. The molecular formula is C7H5Cl2F2NO2S. The Morgan fingerprint density at radius 2 is 2.00 bits per heavy atom. The van der Waals surface area contributed by atoms with Crippen LogP contribution in [-0.2, 0) is 9.05 Å². The summed E-state index contributed by atoms with van der Waals surface area (Å²) in [4.78, 5) is 2.89. The van der Waals surface area contributed by atoms with Crippen molar-refractivity contribution in [2.75, 3.05) is 0 Å². The predicted molar refractivity (Wildman–Crippen MR) is 52.0 cm³/mol. The van der Waals surface area contributed by atoms with Crippen molar-refractivity contribution in [3.8, 4) is 0 Å². The lowest BCUT2D eigenvalue weighted by atomic mass is 10.3. The second kappa shape index (κ2) is 4.19. The van der Waals surface area contributed by atoms with Gasteiger partial charge in [0, 0.05) is 16.4 Å². The van der Waals surface area contributed by atoms with Gasteiger partial charge < -0.3 is 0 Å². The van der Waals surface area contributed by atoms with Gasteiger partial charge in [0.1, 0.15) is 10.6 Å². The van der Waals surface area contributed by atoms with Crippen LogP contribution >= 0.6 is 22.3 Å². The number of hydrogen-bond donors (Lipinski definition) is 0. The van der Waals surface area contributed by atoms with Gasteiger partial charge in [0.15, 0.2) is 0 Å². The zero-order valence-corrected chi connectivity index (χ0v) is 9.67. The maximum Gasteiger partial charge on any atom is 0.281 e. The molecule has 0 N–H and O–H groups in total. The van der Waals surface area contributed by atoms with Crippen molar-refractivity contribution < 1.29 is 17.2 Å². The lowest BCUT2D eigenvalue weighted by Gasteiger charge is -2.07. The van der Waals surface area contributed by atoms with Crippen LogP contribution in [0.3, 0.4) is 0 Å². The van der Waals surface area contributed by atoms with Gasteiger partial charge in [-0.15, -0.1) is 0 Å². The van der Waals surface area contributed by atoms with Crippen molar-refractivity contribution in [1.82, 2.24) is 4.98 Å². The van der Waals surface area contributed by atoms with Gasteiger partial charge in [-0.05, 0) is 13.0 Å². The highest BCUT2D eigenvalue weighted by atomic mass is 35.7.